The van der Waals surface area contributed by atoms with Crippen LogP contribution in [0.25, 0.3) is 44.1 Å². The second kappa shape index (κ2) is 22.7. The maximum absolute atomic E-state index is 12.2. The normalized spacial score (nSPS) is 14.1. The average Bonchev–Trinajstić information content (AvgIpc) is 3.76. The fourth-order valence-corrected chi connectivity index (χ4v) is 8.05. The van der Waals surface area contributed by atoms with Gasteiger partial charge < -0.3 is 15.1 Å². The molecule has 4 aromatic carbocycles. The predicted octanol–water partition coefficient (Wildman–Crippen LogP) is 14.4. The van der Waals surface area contributed by atoms with Crippen molar-refractivity contribution in [2.75, 3.05) is 6.67 Å². The van der Waals surface area contributed by atoms with E-state index in [1.54, 1.807) is 0 Å². The van der Waals surface area contributed by atoms with Gasteiger partial charge in [-0.25, -0.2) is 0 Å². The monoisotopic (exact) mass is 972 g/mol. The first kappa shape index (κ1) is 42.6. The van der Waals surface area contributed by atoms with E-state index in [1.165, 1.54) is 42.9 Å². The van der Waals surface area contributed by atoms with Crippen LogP contribution in [-0.4, -0.2) is 27.5 Å². The molecule has 1 atom stereocenters. The van der Waals surface area contributed by atoms with Crippen molar-refractivity contribution in [1.82, 2.24) is 9.97 Å². The van der Waals surface area contributed by atoms with E-state index < -0.39 is 6.67 Å². The number of halogens is 1. The quantitative estimate of drug-likeness (QED) is 0.0798. The number of aliphatic hydroxyl groups is 1. The Morgan fingerprint density at radius 2 is 1.32 bits per heavy atom. The number of carbonyl (C=O) groups excluding carboxylic acids is 1. The zero-order valence-electron chi connectivity index (χ0n) is 39.0. The summed E-state index contributed by atoms with van der Waals surface area (Å²) in [6.07, 6.45) is 9.39. The van der Waals surface area contributed by atoms with Crippen LogP contribution < -0.4 is 0 Å². The molecule has 1 fully saturated rings. The van der Waals surface area contributed by atoms with Gasteiger partial charge in [0.25, 0.3) is 0 Å². The minimum Gasteiger partial charge on any atom is -0.512 e. The van der Waals surface area contributed by atoms with Gasteiger partial charge in [-0.3, -0.25) is 9.18 Å². The molecule has 313 valence electrons. The summed E-state index contributed by atoms with van der Waals surface area (Å²) in [5.74, 6) is 0.443. The number of nitrogens with zero attached hydrogens (tertiary/aromatic N) is 2. The van der Waals surface area contributed by atoms with Crippen molar-refractivity contribution in [3.63, 3.8) is 0 Å². The molecule has 7 rings (SSSR count). The largest absolute Gasteiger partial charge is 0.512 e. The number of hydrogen-bond acceptors (Lipinski definition) is 4. The maximum Gasteiger partial charge on any atom is 0.162 e. The van der Waals surface area contributed by atoms with Gasteiger partial charge in [-0.2, -0.15) is 0 Å². The summed E-state index contributed by atoms with van der Waals surface area (Å²) in [5.41, 5.74) is 10.5. The minimum atomic E-state index is -0.463. The second-order valence-corrected chi connectivity index (χ2v) is 15.9. The van der Waals surface area contributed by atoms with E-state index >= 15 is 0 Å². The number of pyridine rings is 2. The molecule has 2 aromatic heterocycles. The minimum absolute atomic E-state index is 0. The van der Waals surface area contributed by atoms with Crippen molar-refractivity contribution in [3.8, 4) is 22.5 Å². The molecule has 1 N–H and O–H groups in total. The van der Waals surface area contributed by atoms with Gasteiger partial charge >= 0.3 is 0 Å². The van der Waals surface area contributed by atoms with E-state index in [0.29, 0.717) is 18.5 Å². The first-order chi connectivity index (χ1) is 29.1. The molecular formula is C53H61FIrN2O2-2. The van der Waals surface area contributed by atoms with E-state index in [1.807, 2.05) is 71.9 Å². The molecule has 59 heavy (non-hydrogen) atoms. The molecule has 6 heteroatoms. The van der Waals surface area contributed by atoms with Crippen molar-refractivity contribution in [3.05, 3.63) is 142 Å². The van der Waals surface area contributed by atoms with Crippen LogP contribution in [0, 0.1) is 58.6 Å². The SMILES string of the molecule is CCC(CC)C(=O)/C=C(\O)C(CC)CCF.[2H]c1cc2cc(C3CCCC3)ccc2c(-c2[c-]c(C)cc(C)c2)n1.[2H]c1nc(-c2[c-]c(C)cc(C)c2)c2ccc(C)cc2c1[2H].[Ir]. The van der Waals surface area contributed by atoms with Crippen LogP contribution in [0.1, 0.15) is 116 Å². The Morgan fingerprint density at radius 1 is 0.763 bits per heavy atom. The number of allylic oxidation sites excluding steroid dienone is 2. The van der Waals surface area contributed by atoms with Gasteiger partial charge in [0.15, 0.2) is 5.78 Å². The van der Waals surface area contributed by atoms with Crippen LogP contribution >= 0.6 is 0 Å². The summed E-state index contributed by atoms with van der Waals surface area (Å²) in [4.78, 5) is 20.6. The number of alkyl halides is 1. The van der Waals surface area contributed by atoms with Gasteiger partial charge in [0.1, 0.15) is 0 Å². The van der Waals surface area contributed by atoms with Crippen LogP contribution in [0.3, 0.4) is 0 Å². The molecule has 1 saturated carbocycles. The van der Waals surface area contributed by atoms with Crippen molar-refractivity contribution < 1.29 is 38.5 Å². The molecule has 0 aliphatic heterocycles. The Hall–Kier alpha value is -4.51. The molecule has 1 aliphatic carbocycles. The number of aromatic nitrogens is 2. The van der Waals surface area contributed by atoms with E-state index in [2.05, 4.69) is 72.3 Å². The third kappa shape index (κ3) is 12.7. The van der Waals surface area contributed by atoms with E-state index in [9.17, 15) is 14.3 Å². The zero-order chi connectivity index (χ0) is 44.4. The molecule has 0 bridgehead atoms. The average molecular weight is 972 g/mol. The molecule has 1 aliphatic rings. The topological polar surface area (TPSA) is 63.1 Å². The zero-order valence-corrected chi connectivity index (χ0v) is 38.4. The Bertz CT molecular complexity index is 2470. The first-order valence-corrected chi connectivity index (χ1v) is 21.0. The Kier molecular flexibility index (Phi) is 16.4. The fourth-order valence-electron chi connectivity index (χ4n) is 8.05. The fraction of sp³-hybridized carbons (Fsp3) is 0.377. The van der Waals surface area contributed by atoms with Crippen LogP contribution in [0.4, 0.5) is 4.39 Å². The first-order valence-electron chi connectivity index (χ1n) is 22.5. The van der Waals surface area contributed by atoms with Crippen LogP contribution in [0.5, 0.6) is 0 Å². The molecule has 0 saturated heterocycles. The number of ketones is 1. The number of fused-ring (bicyclic) bond motifs is 2. The van der Waals surface area contributed by atoms with Gasteiger partial charge in [0, 0.05) is 50.4 Å². The smallest absolute Gasteiger partial charge is 0.162 e. The van der Waals surface area contributed by atoms with Gasteiger partial charge in [0.2, 0.25) is 0 Å². The summed E-state index contributed by atoms with van der Waals surface area (Å²) in [7, 11) is 0. The maximum atomic E-state index is 12.2. The van der Waals surface area contributed by atoms with Crippen LogP contribution in [0.15, 0.2) is 97.0 Å². The molecule has 0 spiro atoms. The van der Waals surface area contributed by atoms with E-state index in [-0.39, 0.29) is 62.1 Å². The van der Waals surface area contributed by atoms with E-state index in [4.69, 9.17) is 4.11 Å². The number of aryl methyl sites for hydroxylation is 5. The number of aliphatic hydroxyl groups excluding tert-OH is 1. The summed E-state index contributed by atoms with van der Waals surface area (Å²) in [5, 5.41) is 13.7. The molecule has 4 nitrogen and oxygen atoms in total. The third-order valence-corrected chi connectivity index (χ3v) is 11.2. The van der Waals surface area contributed by atoms with Crippen LogP contribution in [-0.2, 0) is 24.9 Å². The van der Waals surface area contributed by atoms with Crippen molar-refractivity contribution in [2.24, 2.45) is 11.8 Å². The van der Waals surface area contributed by atoms with E-state index in [0.717, 1.165) is 79.2 Å². The number of carbonyl (C=O) groups is 1. The second-order valence-electron chi connectivity index (χ2n) is 15.9. The summed E-state index contributed by atoms with van der Waals surface area (Å²) >= 11 is 0. The van der Waals surface area contributed by atoms with Crippen molar-refractivity contribution in [2.45, 2.75) is 113 Å². The Labute approximate surface area is 370 Å². The number of rotatable bonds is 11. The summed E-state index contributed by atoms with van der Waals surface area (Å²) in [6, 6.07) is 29.8. The Morgan fingerprint density at radius 3 is 1.88 bits per heavy atom. The third-order valence-electron chi connectivity index (χ3n) is 11.2. The molecule has 1 radical (unpaired) electrons. The van der Waals surface area contributed by atoms with Gasteiger partial charge in [-0.1, -0.05) is 103 Å². The predicted molar refractivity (Wildman–Crippen MR) is 241 cm³/mol. The number of benzene rings is 4. The standard InChI is InChI=1S/C22H22N.C18H16N.C13H23FO2.Ir/c1-15-11-16(2)13-20(12-15)22-21-8-7-18(17-5-3-4-6-17)14-19(21)9-10-23-22;1-12-4-5-17-15(9-12)6-7-19-18(17)16-10-13(2)8-14(3)11-16;1-4-10(5-2)12(15)9-13(16)11(6-3)7-8-14;/h7-12,14,17H,3-6H2,1-2H3;4-10H,1-3H3;9-11,16H,4-8H2,1-3H3;/q2*-1;;/b;;13-9-;/i10D;6D,7D;;. The van der Waals surface area contributed by atoms with Crippen molar-refractivity contribution >= 4 is 27.3 Å². The van der Waals surface area contributed by atoms with Gasteiger partial charge in [-0.15, -0.1) is 69.8 Å². The Balaban J connectivity index is 0.000000208. The molecular weight excluding hydrogens is 908 g/mol. The van der Waals surface area contributed by atoms with Gasteiger partial charge in [-0.05, 0) is 102 Å². The molecule has 0 amide bonds. The summed E-state index contributed by atoms with van der Waals surface area (Å²) in [6.45, 7) is 15.5. The molecule has 6 aromatic rings. The number of hydrogen-bond donors (Lipinski definition) is 1. The summed E-state index contributed by atoms with van der Waals surface area (Å²) < 4.78 is 36.4. The van der Waals surface area contributed by atoms with Crippen molar-refractivity contribution in [1.29, 1.82) is 0 Å². The van der Waals surface area contributed by atoms with Crippen LogP contribution in [0.2, 0.25) is 0 Å². The molecule has 1 unspecified atom stereocenters. The van der Waals surface area contributed by atoms with Gasteiger partial charge in [0.05, 0.1) is 16.5 Å². The molecule has 2 heterocycles.